The number of hydrogen-bond donors (Lipinski definition) is 1. The smallest absolute Gasteiger partial charge is 0.231 e. The lowest BCUT2D eigenvalue weighted by Gasteiger charge is -2.08. The summed E-state index contributed by atoms with van der Waals surface area (Å²) in [6.07, 6.45) is 0. The second-order valence-corrected chi connectivity index (χ2v) is 6.46. The Hall–Kier alpha value is -1.78. The quantitative estimate of drug-likeness (QED) is 0.877. The summed E-state index contributed by atoms with van der Waals surface area (Å²) in [7, 11) is 5.49. The average Bonchev–Trinajstić information content (AvgIpc) is 2.89. The van der Waals surface area contributed by atoms with Crippen LogP contribution in [-0.4, -0.2) is 26.2 Å². The van der Waals surface area contributed by atoms with E-state index in [1.54, 1.807) is 24.5 Å². The maximum atomic E-state index is 9.17. The minimum absolute atomic E-state index is 0.561. The number of nitrogens with zero attached hydrogens (tertiary/aromatic N) is 3. The molecule has 0 fully saturated rings. The largest absolute Gasteiger partial charge is 0.480 e. The second-order valence-electron chi connectivity index (χ2n) is 4.48. The van der Waals surface area contributed by atoms with Gasteiger partial charge in [0.15, 0.2) is 5.13 Å². The van der Waals surface area contributed by atoms with Crippen LogP contribution in [0.4, 0.5) is 10.8 Å². The molecular weight excluding hydrogens is 352 g/mol. The highest BCUT2D eigenvalue weighted by molar-refractivity contribution is 9.10. The Bertz CT molecular complexity index is 678. The summed E-state index contributed by atoms with van der Waals surface area (Å²) in [5, 5.41) is 13.3. The van der Waals surface area contributed by atoms with Crippen molar-refractivity contribution in [1.29, 1.82) is 5.26 Å². The standard InChI is InChI=1S/C14H15BrN4OS/c1-19(2)14-18-13(20-3)12(21-14)8-17-11-5-4-10(15)6-9(11)7-16/h4-6,17H,8H2,1-3H3. The van der Waals surface area contributed by atoms with Crippen molar-refractivity contribution in [3.8, 4) is 11.9 Å². The van der Waals surface area contributed by atoms with E-state index in [0.29, 0.717) is 18.0 Å². The number of nitrogens with one attached hydrogen (secondary N) is 1. The van der Waals surface area contributed by atoms with E-state index in [4.69, 9.17) is 10.00 Å². The molecule has 0 atom stereocenters. The van der Waals surface area contributed by atoms with Crippen LogP contribution in [0.5, 0.6) is 5.88 Å². The summed E-state index contributed by atoms with van der Waals surface area (Å²) in [5.41, 5.74) is 1.39. The van der Waals surface area contributed by atoms with Crippen molar-refractivity contribution in [1.82, 2.24) is 4.98 Å². The van der Waals surface area contributed by atoms with Gasteiger partial charge in [-0.1, -0.05) is 27.3 Å². The molecule has 1 N–H and O–H groups in total. The SMILES string of the molecule is COc1nc(N(C)C)sc1CNc1ccc(Br)cc1C#N. The molecule has 0 aliphatic heterocycles. The van der Waals surface area contributed by atoms with Crippen molar-refractivity contribution < 1.29 is 4.74 Å². The molecule has 1 aromatic heterocycles. The molecule has 21 heavy (non-hydrogen) atoms. The zero-order valence-electron chi connectivity index (χ0n) is 12.0. The molecule has 2 rings (SSSR count). The van der Waals surface area contributed by atoms with Crippen LogP contribution in [0.25, 0.3) is 0 Å². The number of hydrogen-bond acceptors (Lipinski definition) is 6. The maximum absolute atomic E-state index is 9.17. The Morgan fingerprint density at radius 2 is 2.24 bits per heavy atom. The van der Waals surface area contributed by atoms with Gasteiger partial charge in [0.25, 0.3) is 0 Å². The van der Waals surface area contributed by atoms with Crippen LogP contribution in [0, 0.1) is 11.3 Å². The predicted octanol–water partition coefficient (Wildman–Crippen LogP) is 3.46. The first-order valence-corrected chi connectivity index (χ1v) is 7.80. The molecule has 0 spiro atoms. The van der Waals surface area contributed by atoms with Crippen LogP contribution >= 0.6 is 27.3 Å². The number of thiazole rings is 1. The van der Waals surface area contributed by atoms with Crippen LogP contribution in [0.1, 0.15) is 10.4 Å². The topological polar surface area (TPSA) is 61.2 Å². The van der Waals surface area contributed by atoms with Crippen molar-refractivity contribution in [2.75, 3.05) is 31.4 Å². The number of benzene rings is 1. The van der Waals surface area contributed by atoms with Gasteiger partial charge in [-0.15, -0.1) is 0 Å². The predicted molar refractivity (Wildman–Crippen MR) is 89.2 cm³/mol. The number of nitriles is 1. The van der Waals surface area contributed by atoms with E-state index in [2.05, 4.69) is 32.3 Å². The Labute approximate surface area is 136 Å². The van der Waals surface area contributed by atoms with E-state index in [9.17, 15) is 0 Å². The fourth-order valence-electron chi connectivity index (χ4n) is 1.73. The van der Waals surface area contributed by atoms with Gasteiger partial charge < -0.3 is 15.0 Å². The van der Waals surface area contributed by atoms with Crippen LogP contribution < -0.4 is 15.0 Å². The normalized spacial score (nSPS) is 10.0. The molecule has 1 aromatic carbocycles. The Kier molecular flexibility index (Phi) is 5.04. The first kappa shape index (κ1) is 15.6. The Balaban J connectivity index is 2.18. The minimum atomic E-state index is 0.561. The minimum Gasteiger partial charge on any atom is -0.480 e. The van der Waals surface area contributed by atoms with Crippen molar-refractivity contribution in [2.24, 2.45) is 0 Å². The van der Waals surface area contributed by atoms with Crippen molar-refractivity contribution >= 4 is 38.1 Å². The zero-order valence-corrected chi connectivity index (χ0v) is 14.4. The molecule has 110 valence electrons. The molecule has 7 heteroatoms. The zero-order chi connectivity index (χ0) is 15.4. The number of methoxy groups -OCH3 is 1. The van der Waals surface area contributed by atoms with Gasteiger partial charge in [-0.25, -0.2) is 0 Å². The fourth-order valence-corrected chi connectivity index (χ4v) is 2.98. The van der Waals surface area contributed by atoms with Crippen molar-refractivity contribution in [2.45, 2.75) is 6.54 Å². The lowest BCUT2D eigenvalue weighted by molar-refractivity contribution is 0.397. The van der Waals surface area contributed by atoms with Gasteiger partial charge >= 0.3 is 0 Å². The van der Waals surface area contributed by atoms with E-state index in [1.165, 1.54) is 0 Å². The number of rotatable bonds is 5. The summed E-state index contributed by atoms with van der Waals surface area (Å²) >= 11 is 4.93. The van der Waals surface area contributed by atoms with Crippen molar-refractivity contribution in [3.05, 3.63) is 33.1 Å². The van der Waals surface area contributed by atoms with Crippen LogP contribution in [0.3, 0.4) is 0 Å². The molecule has 1 heterocycles. The van der Waals surface area contributed by atoms with Gasteiger partial charge in [0.2, 0.25) is 5.88 Å². The van der Waals surface area contributed by atoms with E-state index >= 15 is 0 Å². The molecule has 5 nitrogen and oxygen atoms in total. The second kappa shape index (κ2) is 6.78. The lowest BCUT2D eigenvalue weighted by atomic mass is 10.2. The Morgan fingerprint density at radius 3 is 2.86 bits per heavy atom. The molecule has 0 saturated heterocycles. The highest BCUT2D eigenvalue weighted by Crippen LogP contribution is 2.31. The van der Waals surface area contributed by atoms with E-state index in [0.717, 1.165) is 20.2 Å². The molecule has 0 amide bonds. The summed E-state index contributed by atoms with van der Waals surface area (Å²) in [4.78, 5) is 7.34. The average molecular weight is 367 g/mol. The molecule has 0 aliphatic rings. The number of halogens is 1. The molecule has 0 bridgehead atoms. The number of anilines is 2. The molecule has 0 saturated carbocycles. The fraction of sp³-hybridized carbons (Fsp3) is 0.286. The third kappa shape index (κ3) is 3.65. The summed E-state index contributed by atoms with van der Waals surface area (Å²) < 4.78 is 6.18. The summed E-state index contributed by atoms with van der Waals surface area (Å²) in [5.74, 6) is 0.617. The van der Waals surface area contributed by atoms with Crippen LogP contribution in [0.2, 0.25) is 0 Å². The van der Waals surface area contributed by atoms with Gasteiger partial charge in [0, 0.05) is 18.6 Å². The van der Waals surface area contributed by atoms with Gasteiger partial charge in [0.05, 0.1) is 29.8 Å². The number of ether oxygens (including phenoxy) is 1. The molecule has 0 unspecified atom stereocenters. The monoisotopic (exact) mass is 366 g/mol. The van der Waals surface area contributed by atoms with Gasteiger partial charge in [0.1, 0.15) is 6.07 Å². The summed E-state index contributed by atoms with van der Waals surface area (Å²) in [6, 6.07) is 7.75. The number of aromatic nitrogens is 1. The third-order valence-corrected chi connectivity index (χ3v) is 4.47. The van der Waals surface area contributed by atoms with Gasteiger partial charge in [-0.3, -0.25) is 0 Å². The molecule has 2 aromatic rings. The molecule has 0 aliphatic carbocycles. The van der Waals surface area contributed by atoms with E-state index in [-0.39, 0.29) is 0 Å². The lowest BCUT2D eigenvalue weighted by Crippen LogP contribution is -2.07. The molecular formula is C14H15BrN4OS. The van der Waals surface area contributed by atoms with Gasteiger partial charge in [-0.05, 0) is 18.2 Å². The van der Waals surface area contributed by atoms with Crippen LogP contribution in [0.15, 0.2) is 22.7 Å². The molecule has 0 radical (unpaired) electrons. The highest BCUT2D eigenvalue weighted by Gasteiger charge is 2.13. The Morgan fingerprint density at radius 1 is 1.48 bits per heavy atom. The first-order valence-electron chi connectivity index (χ1n) is 6.19. The highest BCUT2D eigenvalue weighted by atomic mass is 79.9. The third-order valence-electron chi connectivity index (χ3n) is 2.77. The van der Waals surface area contributed by atoms with E-state index in [1.807, 2.05) is 31.1 Å². The first-order chi connectivity index (χ1) is 10.0. The summed E-state index contributed by atoms with van der Waals surface area (Å²) in [6.45, 7) is 0.561. The maximum Gasteiger partial charge on any atom is 0.231 e. The van der Waals surface area contributed by atoms with E-state index < -0.39 is 0 Å². The van der Waals surface area contributed by atoms with Crippen molar-refractivity contribution in [3.63, 3.8) is 0 Å². The van der Waals surface area contributed by atoms with Gasteiger partial charge in [-0.2, -0.15) is 10.2 Å². The van der Waals surface area contributed by atoms with Crippen LogP contribution in [-0.2, 0) is 6.54 Å².